The average Bonchev–Trinajstić information content (AvgIpc) is 2.57. The molecule has 1 fully saturated rings. The van der Waals surface area contributed by atoms with Crippen molar-refractivity contribution >= 4 is 10.8 Å². The van der Waals surface area contributed by atoms with Crippen molar-refractivity contribution in [3.8, 4) is 11.8 Å². The maximum absolute atomic E-state index is 8.78. The predicted molar refractivity (Wildman–Crippen MR) is 87.8 cm³/mol. The molecular weight excluding hydrogens is 274 g/mol. The summed E-state index contributed by atoms with van der Waals surface area (Å²) >= 11 is 0. The van der Waals surface area contributed by atoms with E-state index in [1.54, 1.807) is 7.11 Å². The zero-order valence-corrected chi connectivity index (χ0v) is 13.0. The van der Waals surface area contributed by atoms with Gasteiger partial charge in [0.25, 0.3) is 0 Å². The van der Waals surface area contributed by atoms with Gasteiger partial charge in [0.1, 0.15) is 5.75 Å². The molecular formula is C18H21N3O. The van der Waals surface area contributed by atoms with Crippen molar-refractivity contribution < 1.29 is 4.74 Å². The van der Waals surface area contributed by atoms with Crippen LogP contribution in [0.2, 0.25) is 0 Å². The number of hydrogen-bond acceptors (Lipinski definition) is 4. The largest absolute Gasteiger partial charge is 0.496 e. The lowest BCUT2D eigenvalue weighted by Crippen LogP contribution is -2.45. The molecule has 0 aromatic heterocycles. The molecule has 1 heterocycles. The normalized spacial score (nSPS) is 16.5. The lowest BCUT2D eigenvalue weighted by molar-refractivity contribution is 0.137. The number of benzene rings is 2. The first-order valence-corrected chi connectivity index (χ1v) is 7.68. The highest BCUT2D eigenvalue weighted by Crippen LogP contribution is 2.29. The monoisotopic (exact) mass is 295 g/mol. The number of fused-ring (bicyclic) bond motifs is 1. The third kappa shape index (κ3) is 3.06. The molecule has 0 bridgehead atoms. The summed E-state index contributed by atoms with van der Waals surface area (Å²) in [6.07, 6.45) is 0. The molecule has 0 N–H and O–H groups in total. The summed E-state index contributed by atoms with van der Waals surface area (Å²) in [6.45, 7) is 5.33. The van der Waals surface area contributed by atoms with Crippen LogP contribution < -0.4 is 4.74 Å². The van der Waals surface area contributed by atoms with Crippen LogP contribution in [0.4, 0.5) is 0 Å². The second-order valence-corrected chi connectivity index (χ2v) is 5.68. The predicted octanol–water partition coefficient (Wildman–Crippen LogP) is 2.49. The van der Waals surface area contributed by atoms with Gasteiger partial charge in [-0.1, -0.05) is 30.3 Å². The summed E-state index contributed by atoms with van der Waals surface area (Å²) in [5.74, 6) is 0.957. The van der Waals surface area contributed by atoms with E-state index in [9.17, 15) is 0 Å². The Morgan fingerprint density at radius 2 is 1.77 bits per heavy atom. The Balaban J connectivity index is 1.80. The van der Waals surface area contributed by atoms with Crippen molar-refractivity contribution in [2.45, 2.75) is 6.54 Å². The minimum absolute atomic E-state index is 0.533. The first kappa shape index (κ1) is 14.8. The zero-order valence-electron chi connectivity index (χ0n) is 13.0. The van der Waals surface area contributed by atoms with Crippen LogP contribution in [0.15, 0.2) is 36.4 Å². The Bertz CT molecular complexity index is 684. The SMILES string of the molecule is COc1ccc2ccccc2c1CN1CCN(CC#N)CC1. The van der Waals surface area contributed by atoms with Gasteiger partial charge in [-0.25, -0.2) is 0 Å². The minimum atomic E-state index is 0.533. The van der Waals surface area contributed by atoms with E-state index in [1.165, 1.54) is 16.3 Å². The molecule has 4 heteroatoms. The van der Waals surface area contributed by atoms with Crippen molar-refractivity contribution in [2.24, 2.45) is 0 Å². The molecule has 2 aromatic carbocycles. The highest BCUT2D eigenvalue weighted by molar-refractivity contribution is 5.87. The van der Waals surface area contributed by atoms with Crippen LogP contribution >= 0.6 is 0 Å². The number of ether oxygens (including phenoxy) is 1. The molecule has 0 spiro atoms. The fraction of sp³-hybridized carbons (Fsp3) is 0.389. The third-order valence-electron chi connectivity index (χ3n) is 4.36. The Hall–Kier alpha value is -2.09. The van der Waals surface area contributed by atoms with Gasteiger partial charge in [0.15, 0.2) is 0 Å². The smallest absolute Gasteiger partial charge is 0.123 e. The highest BCUT2D eigenvalue weighted by Gasteiger charge is 2.19. The Morgan fingerprint density at radius 3 is 2.50 bits per heavy atom. The fourth-order valence-corrected chi connectivity index (χ4v) is 3.10. The van der Waals surface area contributed by atoms with Crippen LogP contribution in [-0.2, 0) is 6.54 Å². The van der Waals surface area contributed by atoms with Gasteiger partial charge in [-0.3, -0.25) is 9.80 Å². The average molecular weight is 295 g/mol. The summed E-state index contributed by atoms with van der Waals surface area (Å²) in [6, 6.07) is 14.9. The number of rotatable bonds is 4. The quantitative estimate of drug-likeness (QED) is 0.813. The van der Waals surface area contributed by atoms with Crippen molar-refractivity contribution in [1.82, 2.24) is 9.80 Å². The molecule has 22 heavy (non-hydrogen) atoms. The van der Waals surface area contributed by atoms with Crippen LogP contribution in [0.5, 0.6) is 5.75 Å². The van der Waals surface area contributed by atoms with Crippen molar-refractivity contribution in [2.75, 3.05) is 39.8 Å². The summed E-state index contributed by atoms with van der Waals surface area (Å²) in [5, 5.41) is 11.3. The second kappa shape index (κ2) is 6.78. The minimum Gasteiger partial charge on any atom is -0.496 e. The standard InChI is InChI=1S/C18H21N3O/c1-22-18-7-6-15-4-2-3-5-16(15)17(18)14-21-12-10-20(9-8-19)11-13-21/h2-7H,9-14H2,1H3. The molecule has 2 aromatic rings. The number of hydrogen-bond donors (Lipinski definition) is 0. The van der Waals surface area contributed by atoms with E-state index in [0.717, 1.165) is 38.5 Å². The van der Waals surface area contributed by atoms with Crippen LogP contribution in [-0.4, -0.2) is 49.6 Å². The molecule has 1 aliphatic rings. The van der Waals surface area contributed by atoms with Crippen LogP contribution in [0.25, 0.3) is 10.8 Å². The molecule has 0 unspecified atom stereocenters. The molecule has 0 aliphatic carbocycles. The van der Waals surface area contributed by atoms with Gasteiger partial charge in [0.2, 0.25) is 0 Å². The van der Waals surface area contributed by atoms with Gasteiger partial charge in [-0.15, -0.1) is 0 Å². The maximum Gasteiger partial charge on any atom is 0.123 e. The first-order valence-electron chi connectivity index (χ1n) is 7.68. The Morgan fingerprint density at radius 1 is 1.05 bits per heavy atom. The lowest BCUT2D eigenvalue weighted by atomic mass is 10.0. The number of methoxy groups -OCH3 is 1. The molecule has 3 rings (SSSR count). The Kier molecular flexibility index (Phi) is 4.57. The van der Waals surface area contributed by atoms with Gasteiger partial charge in [0.05, 0.1) is 19.7 Å². The van der Waals surface area contributed by atoms with Crippen LogP contribution in [0.3, 0.4) is 0 Å². The zero-order chi connectivity index (χ0) is 15.4. The summed E-state index contributed by atoms with van der Waals surface area (Å²) in [7, 11) is 1.73. The molecule has 1 saturated heterocycles. The van der Waals surface area contributed by atoms with E-state index in [-0.39, 0.29) is 0 Å². The van der Waals surface area contributed by atoms with Gasteiger partial charge in [0, 0.05) is 38.3 Å². The molecule has 0 radical (unpaired) electrons. The van der Waals surface area contributed by atoms with Gasteiger partial charge >= 0.3 is 0 Å². The van der Waals surface area contributed by atoms with Crippen molar-refractivity contribution in [3.63, 3.8) is 0 Å². The molecule has 114 valence electrons. The first-order chi connectivity index (χ1) is 10.8. The molecule has 0 amide bonds. The summed E-state index contributed by atoms with van der Waals surface area (Å²) in [4.78, 5) is 4.65. The maximum atomic E-state index is 8.78. The van der Waals surface area contributed by atoms with E-state index >= 15 is 0 Å². The number of nitriles is 1. The third-order valence-corrected chi connectivity index (χ3v) is 4.36. The topological polar surface area (TPSA) is 39.5 Å². The van der Waals surface area contributed by atoms with Crippen molar-refractivity contribution in [3.05, 3.63) is 42.0 Å². The molecule has 1 aliphatic heterocycles. The molecule has 0 atom stereocenters. The second-order valence-electron chi connectivity index (χ2n) is 5.68. The molecule has 0 saturated carbocycles. The lowest BCUT2D eigenvalue weighted by Gasteiger charge is -2.33. The van der Waals surface area contributed by atoms with Gasteiger partial charge in [-0.2, -0.15) is 5.26 Å². The summed E-state index contributed by atoms with van der Waals surface area (Å²) in [5.41, 5.74) is 1.26. The van der Waals surface area contributed by atoms with E-state index < -0.39 is 0 Å². The van der Waals surface area contributed by atoms with Gasteiger partial charge in [-0.05, 0) is 16.8 Å². The number of piperazine rings is 1. The fourth-order valence-electron chi connectivity index (χ4n) is 3.10. The van der Waals surface area contributed by atoms with Crippen molar-refractivity contribution in [1.29, 1.82) is 5.26 Å². The van der Waals surface area contributed by atoms with E-state index in [1.807, 2.05) is 0 Å². The van der Waals surface area contributed by atoms with E-state index in [2.05, 4.69) is 52.3 Å². The van der Waals surface area contributed by atoms with E-state index in [4.69, 9.17) is 10.00 Å². The number of nitrogens with zero attached hydrogens (tertiary/aromatic N) is 3. The summed E-state index contributed by atoms with van der Waals surface area (Å²) < 4.78 is 5.57. The van der Waals surface area contributed by atoms with E-state index in [0.29, 0.717) is 6.54 Å². The molecule has 4 nitrogen and oxygen atoms in total. The highest BCUT2D eigenvalue weighted by atomic mass is 16.5. The Labute approximate surface area is 131 Å². The van der Waals surface area contributed by atoms with Crippen LogP contribution in [0.1, 0.15) is 5.56 Å². The van der Waals surface area contributed by atoms with Gasteiger partial charge < -0.3 is 4.74 Å². The van der Waals surface area contributed by atoms with Crippen LogP contribution in [0, 0.1) is 11.3 Å².